The third kappa shape index (κ3) is 5.65. The van der Waals surface area contributed by atoms with Crippen molar-refractivity contribution in [1.29, 1.82) is 0 Å². The zero-order chi connectivity index (χ0) is 13.6. The van der Waals surface area contributed by atoms with Gasteiger partial charge in [0.05, 0.1) is 18.5 Å². The molecule has 0 radical (unpaired) electrons. The molecule has 0 spiro atoms. The number of hydrogen-bond donors (Lipinski definition) is 1. The lowest BCUT2D eigenvalue weighted by atomic mass is 10.0. The number of likely N-dealkylation sites (N-methyl/N-ethyl adjacent to an activating group) is 1. The molecule has 6 heteroatoms. The average Bonchev–Trinajstić information content (AvgIpc) is 2.29. The molecule has 0 bridgehead atoms. The lowest BCUT2D eigenvalue weighted by Crippen LogP contribution is -2.39. The molecular weight excluding hydrogens is 252 g/mol. The summed E-state index contributed by atoms with van der Waals surface area (Å²) in [5.41, 5.74) is 0. The van der Waals surface area contributed by atoms with Crippen molar-refractivity contribution >= 4 is 10.0 Å². The second kappa shape index (κ2) is 7.43. The number of rotatable bonds is 7. The van der Waals surface area contributed by atoms with Crippen molar-refractivity contribution in [3.63, 3.8) is 0 Å². The molecule has 1 aliphatic rings. The smallest absolute Gasteiger partial charge is 0.214 e. The molecule has 108 valence electrons. The van der Waals surface area contributed by atoms with Gasteiger partial charge in [0.1, 0.15) is 0 Å². The fraction of sp³-hybridized carbons (Fsp3) is 1.00. The Bertz CT molecular complexity index is 324. The molecule has 1 atom stereocenters. The van der Waals surface area contributed by atoms with Crippen molar-refractivity contribution in [2.24, 2.45) is 5.92 Å². The molecule has 0 aromatic carbocycles. The molecule has 0 amide bonds. The maximum absolute atomic E-state index is 12.1. The van der Waals surface area contributed by atoms with Crippen LogP contribution in [-0.2, 0) is 14.8 Å². The molecule has 0 aromatic heterocycles. The quantitative estimate of drug-likeness (QED) is 0.744. The molecule has 18 heavy (non-hydrogen) atoms. The van der Waals surface area contributed by atoms with Gasteiger partial charge in [-0.15, -0.1) is 0 Å². The van der Waals surface area contributed by atoms with E-state index in [0.29, 0.717) is 13.2 Å². The summed E-state index contributed by atoms with van der Waals surface area (Å²) in [6, 6.07) is 0. The number of sulfonamides is 1. The minimum absolute atomic E-state index is 0.142. The highest BCUT2D eigenvalue weighted by atomic mass is 32.2. The number of piperidine rings is 1. The first kappa shape index (κ1) is 15.9. The van der Waals surface area contributed by atoms with E-state index in [1.165, 1.54) is 4.31 Å². The molecule has 1 heterocycles. The van der Waals surface area contributed by atoms with Gasteiger partial charge in [-0.3, -0.25) is 0 Å². The summed E-state index contributed by atoms with van der Waals surface area (Å²) in [7, 11) is -1.51. The standard InChI is InChI=1S/C12H26N2O3S/c1-11(2)17-8-7-14(3)18(15,16)10-12-5-4-6-13-9-12/h11-13H,4-10H2,1-3H3. The monoisotopic (exact) mass is 278 g/mol. The van der Waals surface area contributed by atoms with Crippen LogP contribution in [0.3, 0.4) is 0 Å². The number of nitrogens with zero attached hydrogens (tertiary/aromatic N) is 1. The maximum Gasteiger partial charge on any atom is 0.214 e. The largest absolute Gasteiger partial charge is 0.377 e. The third-order valence-electron chi connectivity index (χ3n) is 3.18. The average molecular weight is 278 g/mol. The minimum atomic E-state index is -3.14. The SMILES string of the molecule is CC(C)OCCN(C)S(=O)(=O)CC1CCCNC1. The van der Waals surface area contributed by atoms with Crippen LogP contribution in [0.2, 0.25) is 0 Å². The first-order valence-electron chi connectivity index (χ1n) is 6.68. The second-order valence-electron chi connectivity index (χ2n) is 5.23. The molecule has 1 rings (SSSR count). The first-order chi connectivity index (χ1) is 8.42. The molecule has 1 fully saturated rings. The molecule has 1 unspecified atom stereocenters. The van der Waals surface area contributed by atoms with Crippen LogP contribution in [0.4, 0.5) is 0 Å². The van der Waals surface area contributed by atoms with Crippen molar-refractivity contribution in [2.45, 2.75) is 32.8 Å². The minimum Gasteiger partial charge on any atom is -0.377 e. The Kier molecular flexibility index (Phi) is 6.55. The molecule has 5 nitrogen and oxygen atoms in total. The Hall–Kier alpha value is -0.170. The normalized spacial score (nSPS) is 21.7. The lowest BCUT2D eigenvalue weighted by molar-refractivity contribution is 0.0736. The Balaban J connectivity index is 2.36. The third-order valence-corrected chi connectivity index (χ3v) is 5.20. The fourth-order valence-electron chi connectivity index (χ4n) is 2.05. The van der Waals surface area contributed by atoms with E-state index in [9.17, 15) is 8.42 Å². The van der Waals surface area contributed by atoms with Crippen LogP contribution in [-0.4, -0.2) is 57.9 Å². The predicted octanol–water partition coefficient (Wildman–Crippen LogP) is 0.673. The summed E-state index contributed by atoms with van der Waals surface area (Å²) in [5.74, 6) is 0.496. The van der Waals surface area contributed by atoms with E-state index in [1.807, 2.05) is 13.8 Å². The molecular formula is C12H26N2O3S. The van der Waals surface area contributed by atoms with Gasteiger partial charge in [0.2, 0.25) is 10.0 Å². The van der Waals surface area contributed by atoms with E-state index in [1.54, 1.807) is 7.05 Å². The lowest BCUT2D eigenvalue weighted by Gasteiger charge is -2.25. The summed E-state index contributed by atoms with van der Waals surface area (Å²) in [5, 5.41) is 3.25. The Morgan fingerprint density at radius 2 is 2.17 bits per heavy atom. The van der Waals surface area contributed by atoms with Gasteiger partial charge < -0.3 is 10.1 Å². The highest BCUT2D eigenvalue weighted by Crippen LogP contribution is 2.14. The first-order valence-corrected chi connectivity index (χ1v) is 8.29. The van der Waals surface area contributed by atoms with Crippen molar-refractivity contribution in [3.8, 4) is 0 Å². The maximum atomic E-state index is 12.1. The highest BCUT2D eigenvalue weighted by molar-refractivity contribution is 7.89. The van der Waals surface area contributed by atoms with Crippen molar-refractivity contribution in [3.05, 3.63) is 0 Å². The van der Waals surface area contributed by atoms with Crippen molar-refractivity contribution in [1.82, 2.24) is 9.62 Å². The van der Waals surface area contributed by atoms with E-state index in [2.05, 4.69) is 5.32 Å². The van der Waals surface area contributed by atoms with Gasteiger partial charge in [-0.25, -0.2) is 12.7 Å². The molecule has 1 N–H and O–H groups in total. The Morgan fingerprint density at radius 3 is 2.72 bits per heavy atom. The van der Waals surface area contributed by atoms with Crippen LogP contribution < -0.4 is 5.32 Å². The summed E-state index contributed by atoms with van der Waals surface area (Å²) in [6.07, 6.45) is 2.21. The van der Waals surface area contributed by atoms with Gasteiger partial charge in [0.25, 0.3) is 0 Å². The van der Waals surface area contributed by atoms with Gasteiger partial charge >= 0.3 is 0 Å². The number of hydrogen-bond acceptors (Lipinski definition) is 4. The van der Waals surface area contributed by atoms with Crippen LogP contribution in [0.5, 0.6) is 0 Å². The van der Waals surface area contributed by atoms with Gasteiger partial charge in [0, 0.05) is 13.6 Å². The summed E-state index contributed by atoms with van der Waals surface area (Å²) < 4.78 is 31.0. The van der Waals surface area contributed by atoms with Gasteiger partial charge in [0.15, 0.2) is 0 Å². The van der Waals surface area contributed by atoms with E-state index < -0.39 is 10.0 Å². The molecule has 1 aliphatic heterocycles. The van der Waals surface area contributed by atoms with Crippen molar-refractivity contribution in [2.75, 3.05) is 39.0 Å². The number of ether oxygens (including phenoxy) is 1. The zero-order valence-electron chi connectivity index (χ0n) is 11.7. The van der Waals surface area contributed by atoms with Crippen LogP contribution in [0.25, 0.3) is 0 Å². The van der Waals surface area contributed by atoms with Gasteiger partial charge in [-0.1, -0.05) is 0 Å². The molecule has 1 saturated heterocycles. The topological polar surface area (TPSA) is 58.6 Å². The molecule has 0 aromatic rings. The second-order valence-corrected chi connectivity index (χ2v) is 7.35. The molecule has 0 aliphatic carbocycles. The molecule has 0 saturated carbocycles. The summed E-state index contributed by atoms with van der Waals surface area (Å²) in [4.78, 5) is 0. The Morgan fingerprint density at radius 1 is 1.44 bits per heavy atom. The zero-order valence-corrected chi connectivity index (χ0v) is 12.5. The van der Waals surface area contributed by atoms with E-state index >= 15 is 0 Å². The van der Waals surface area contributed by atoms with E-state index in [4.69, 9.17) is 4.74 Å². The van der Waals surface area contributed by atoms with E-state index in [0.717, 1.165) is 25.9 Å². The van der Waals surface area contributed by atoms with Crippen molar-refractivity contribution < 1.29 is 13.2 Å². The van der Waals surface area contributed by atoms with Crippen LogP contribution >= 0.6 is 0 Å². The van der Waals surface area contributed by atoms with Gasteiger partial charge in [-0.05, 0) is 45.7 Å². The van der Waals surface area contributed by atoms with Crippen LogP contribution in [0, 0.1) is 5.92 Å². The highest BCUT2D eigenvalue weighted by Gasteiger charge is 2.24. The fourth-order valence-corrected chi connectivity index (χ4v) is 3.53. The summed E-state index contributed by atoms with van der Waals surface area (Å²) >= 11 is 0. The predicted molar refractivity (Wildman–Crippen MR) is 73.1 cm³/mol. The number of nitrogens with one attached hydrogen (secondary N) is 1. The Labute approximate surface area is 111 Å². The van der Waals surface area contributed by atoms with Crippen LogP contribution in [0.1, 0.15) is 26.7 Å². The van der Waals surface area contributed by atoms with Gasteiger partial charge in [-0.2, -0.15) is 0 Å². The van der Waals surface area contributed by atoms with E-state index in [-0.39, 0.29) is 17.8 Å². The van der Waals surface area contributed by atoms with Crippen LogP contribution in [0.15, 0.2) is 0 Å². The summed E-state index contributed by atoms with van der Waals surface area (Å²) in [6.45, 7) is 6.60.